The van der Waals surface area contributed by atoms with E-state index in [4.69, 9.17) is 0 Å². The number of aromatic amines is 1. The van der Waals surface area contributed by atoms with Crippen LogP contribution in [-0.2, 0) is 14.8 Å². The van der Waals surface area contributed by atoms with Gasteiger partial charge in [0.1, 0.15) is 0 Å². The molecule has 2 aliphatic heterocycles. The maximum atomic E-state index is 12.5. The highest BCUT2D eigenvalue weighted by Gasteiger charge is 2.32. The van der Waals surface area contributed by atoms with Crippen LogP contribution in [0.3, 0.4) is 0 Å². The van der Waals surface area contributed by atoms with Gasteiger partial charge in [0.15, 0.2) is 5.03 Å². The number of hydrogen-bond acceptors (Lipinski definition) is 5. The van der Waals surface area contributed by atoms with Crippen molar-refractivity contribution in [2.45, 2.75) is 44.6 Å². The number of imidazole rings is 1. The predicted molar refractivity (Wildman–Crippen MR) is 107 cm³/mol. The molecule has 9 heteroatoms. The summed E-state index contributed by atoms with van der Waals surface area (Å²) in [7, 11) is -3.53. The summed E-state index contributed by atoms with van der Waals surface area (Å²) in [6, 6.07) is 0. The molecule has 0 saturated carbocycles. The molecular formula is C19H33N5O3S. The average molecular weight is 412 g/mol. The second-order valence-corrected chi connectivity index (χ2v) is 10.4. The first-order chi connectivity index (χ1) is 13.4. The van der Waals surface area contributed by atoms with E-state index < -0.39 is 10.0 Å². The van der Waals surface area contributed by atoms with Crippen LogP contribution in [0.1, 0.15) is 39.5 Å². The number of aromatic nitrogens is 2. The first-order valence-electron chi connectivity index (χ1n) is 10.3. The van der Waals surface area contributed by atoms with E-state index in [0.717, 1.165) is 37.9 Å². The SMILES string of the molecule is CC1CC(C)CN(CCCNC(=O)C2CCN(S(=O)(=O)c3cnc[nH]3)CC2)C1. The van der Waals surface area contributed by atoms with E-state index in [1.54, 1.807) is 0 Å². The fraction of sp³-hybridized carbons (Fsp3) is 0.789. The maximum absolute atomic E-state index is 12.5. The van der Waals surface area contributed by atoms with Crippen LogP contribution in [0.2, 0.25) is 0 Å². The molecule has 0 radical (unpaired) electrons. The van der Waals surface area contributed by atoms with Crippen molar-refractivity contribution in [3.63, 3.8) is 0 Å². The van der Waals surface area contributed by atoms with Gasteiger partial charge in [0, 0.05) is 38.6 Å². The number of carbonyl (C=O) groups excluding carboxylic acids is 1. The van der Waals surface area contributed by atoms with E-state index in [1.807, 2.05) is 0 Å². The third-order valence-corrected chi connectivity index (χ3v) is 7.63. The first kappa shape index (κ1) is 21.3. The normalized spacial score (nSPS) is 25.6. The molecule has 0 aliphatic carbocycles. The van der Waals surface area contributed by atoms with Gasteiger partial charge in [-0.1, -0.05) is 13.8 Å². The van der Waals surface area contributed by atoms with Crippen LogP contribution in [0.5, 0.6) is 0 Å². The lowest BCUT2D eigenvalue weighted by Crippen LogP contribution is -2.43. The Balaban J connectivity index is 1.36. The highest BCUT2D eigenvalue weighted by atomic mass is 32.2. The molecule has 8 nitrogen and oxygen atoms in total. The number of likely N-dealkylation sites (tertiary alicyclic amines) is 1. The number of nitrogens with zero attached hydrogens (tertiary/aromatic N) is 3. The Morgan fingerprint density at radius 1 is 1.25 bits per heavy atom. The standard InChI is InChI=1S/C19H33N5O3S/c1-15-10-16(2)13-23(12-15)7-3-6-21-19(25)17-4-8-24(9-5-17)28(26,27)18-11-20-14-22-18/h11,14-17H,3-10,12-13H2,1-2H3,(H,20,22)(H,21,25). The van der Waals surface area contributed by atoms with Gasteiger partial charge in [-0.05, 0) is 44.1 Å². The van der Waals surface area contributed by atoms with Gasteiger partial charge in [-0.3, -0.25) is 4.79 Å². The fourth-order valence-electron chi connectivity index (χ4n) is 4.51. The average Bonchev–Trinajstić information content (AvgIpc) is 3.20. The summed E-state index contributed by atoms with van der Waals surface area (Å²) in [5.74, 6) is 1.45. The molecule has 3 heterocycles. The second kappa shape index (κ2) is 9.37. The summed E-state index contributed by atoms with van der Waals surface area (Å²) in [5, 5.41) is 3.15. The monoisotopic (exact) mass is 411 g/mol. The van der Waals surface area contributed by atoms with Crippen LogP contribution in [0.25, 0.3) is 0 Å². The van der Waals surface area contributed by atoms with Crippen molar-refractivity contribution >= 4 is 15.9 Å². The minimum atomic E-state index is -3.53. The fourth-order valence-corrected chi connectivity index (χ4v) is 5.88. The molecule has 1 amide bonds. The van der Waals surface area contributed by atoms with Crippen LogP contribution in [0.15, 0.2) is 17.6 Å². The zero-order chi connectivity index (χ0) is 20.1. The molecule has 2 fully saturated rings. The predicted octanol–water partition coefficient (Wildman–Crippen LogP) is 1.29. The molecule has 1 aromatic rings. The second-order valence-electron chi connectivity index (χ2n) is 8.44. The van der Waals surface area contributed by atoms with Crippen molar-refractivity contribution in [2.75, 3.05) is 39.3 Å². The third-order valence-electron chi connectivity index (χ3n) is 5.81. The summed E-state index contributed by atoms with van der Waals surface area (Å²) in [6.45, 7) is 9.36. The minimum Gasteiger partial charge on any atom is -0.356 e. The summed E-state index contributed by atoms with van der Waals surface area (Å²) in [6.07, 6.45) is 6.05. The molecule has 0 aromatic carbocycles. The smallest absolute Gasteiger partial charge is 0.260 e. The quantitative estimate of drug-likeness (QED) is 0.659. The summed E-state index contributed by atoms with van der Waals surface area (Å²) in [5.41, 5.74) is 0. The van der Waals surface area contributed by atoms with Crippen molar-refractivity contribution in [2.24, 2.45) is 17.8 Å². The molecule has 2 unspecified atom stereocenters. The highest BCUT2D eigenvalue weighted by Crippen LogP contribution is 2.23. The van der Waals surface area contributed by atoms with Crippen LogP contribution in [0.4, 0.5) is 0 Å². The van der Waals surface area contributed by atoms with Crippen molar-refractivity contribution < 1.29 is 13.2 Å². The van der Waals surface area contributed by atoms with Gasteiger partial charge in [0.25, 0.3) is 10.0 Å². The summed E-state index contributed by atoms with van der Waals surface area (Å²) >= 11 is 0. The molecule has 0 bridgehead atoms. The molecule has 2 aliphatic rings. The topological polar surface area (TPSA) is 98.4 Å². The van der Waals surface area contributed by atoms with E-state index in [0.29, 0.717) is 32.5 Å². The van der Waals surface area contributed by atoms with Crippen LogP contribution in [-0.4, -0.2) is 72.8 Å². The zero-order valence-corrected chi connectivity index (χ0v) is 17.7. The molecule has 2 atom stereocenters. The van der Waals surface area contributed by atoms with Gasteiger partial charge >= 0.3 is 0 Å². The summed E-state index contributed by atoms with van der Waals surface area (Å²) in [4.78, 5) is 21.4. The summed E-state index contributed by atoms with van der Waals surface area (Å²) < 4.78 is 26.4. The lowest BCUT2D eigenvalue weighted by molar-refractivity contribution is -0.126. The lowest BCUT2D eigenvalue weighted by atomic mass is 9.92. The van der Waals surface area contributed by atoms with Crippen molar-refractivity contribution in [3.8, 4) is 0 Å². The van der Waals surface area contributed by atoms with Gasteiger partial charge < -0.3 is 15.2 Å². The van der Waals surface area contributed by atoms with Crippen molar-refractivity contribution in [1.29, 1.82) is 0 Å². The van der Waals surface area contributed by atoms with Gasteiger partial charge in [-0.15, -0.1) is 0 Å². The van der Waals surface area contributed by atoms with Gasteiger partial charge in [-0.2, -0.15) is 4.31 Å². The number of sulfonamides is 1. The lowest BCUT2D eigenvalue weighted by Gasteiger charge is -2.35. The Bertz CT molecular complexity index is 719. The number of H-pyrrole nitrogens is 1. The Morgan fingerprint density at radius 3 is 2.54 bits per heavy atom. The number of piperidine rings is 2. The molecule has 0 spiro atoms. The largest absolute Gasteiger partial charge is 0.356 e. The first-order valence-corrected chi connectivity index (χ1v) is 11.8. The molecule has 3 rings (SSSR count). The molecule has 158 valence electrons. The van der Waals surface area contributed by atoms with Gasteiger partial charge in [0.2, 0.25) is 5.91 Å². The molecular weight excluding hydrogens is 378 g/mol. The molecule has 28 heavy (non-hydrogen) atoms. The Labute approximate surface area is 168 Å². The van der Waals surface area contributed by atoms with Gasteiger partial charge in [-0.25, -0.2) is 13.4 Å². The van der Waals surface area contributed by atoms with Crippen LogP contribution in [0, 0.1) is 17.8 Å². The Hall–Kier alpha value is -1.45. The molecule has 2 N–H and O–H groups in total. The number of rotatable bonds is 7. The minimum absolute atomic E-state index is 0.0546. The van der Waals surface area contributed by atoms with E-state index in [9.17, 15) is 13.2 Å². The third kappa shape index (κ3) is 5.33. The van der Waals surface area contributed by atoms with E-state index in [1.165, 1.54) is 23.3 Å². The van der Waals surface area contributed by atoms with E-state index in [2.05, 4.69) is 34.0 Å². The van der Waals surface area contributed by atoms with Crippen LogP contribution >= 0.6 is 0 Å². The highest BCUT2D eigenvalue weighted by molar-refractivity contribution is 7.89. The number of amides is 1. The van der Waals surface area contributed by atoms with E-state index >= 15 is 0 Å². The number of hydrogen-bond donors (Lipinski definition) is 2. The Kier molecular flexibility index (Phi) is 7.11. The number of nitrogens with one attached hydrogen (secondary N) is 2. The van der Waals surface area contributed by atoms with Gasteiger partial charge in [0.05, 0.1) is 12.5 Å². The maximum Gasteiger partial charge on any atom is 0.260 e. The van der Waals surface area contributed by atoms with Crippen molar-refractivity contribution in [1.82, 2.24) is 24.5 Å². The van der Waals surface area contributed by atoms with E-state index in [-0.39, 0.29) is 16.9 Å². The van der Waals surface area contributed by atoms with Crippen molar-refractivity contribution in [3.05, 3.63) is 12.5 Å². The number of carbonyl (C=O) groups is 1. The zero-order valence-electron chi connectivity index (χ0n) is 16.9. The molecule has 1 aromatic heterocycles. The van der Waals surface area contributed by atoms with Crippen LogP contribution < -0.4 is 5.32 Å². The Morgan fingerprint density at radius 2 is 1.93 bits per heavy atom. The molecule has 2 saturated heterocycles.